The predicted octanol–water partition coefficient (Wildman–Crippen LogP) is 10.8. The van der Waals surface area contributed by atoms with Crippen LogP contribution in [-0.4, -0.2) is 12.7 Å². The van der Waals surface area contributed by atoms with E-state index in [1.807, 2.05) is 12.1 Å². The Kier molecular flexibility index (Phi) is 5.91. The van der Waals surface area contributed by atoms with E-state index in [0.29, 0.717) is 0 Å². The molecule has 1 spiro atoms. The van der Waals surface area contributed by atoms with Gasteiger partial charge < -0.3 is 9.68 Å². The zero-order valence-electron chi connectivity index (χ0n) is 27.5. The second-order valence-corrected chi connectivity index (χ2v) is 15.3. The summed E-state index contributed by atoms with van der Waals surface area (Å²) in [5.74, 6) is 4.09. The van der Waals surface area contributed by atoms with Gasteiger partial charge in [-0.1, -0.05) is 121 Å². The van der Waals surface area contributed by atoms with Gasteiger partial charge in [0.1, 0.15) is 5.75 Å². The maximum atomic E-state index is 9.73. The van der Waals surface area contributed by atoms with Gasteiger partial charge >= 0.3 is 7.69 Å². The van der Waals surface area contributed by atoms with E-state index < -0.39 is 0 Å². The summed E-state index contributed by atoms with van der Waals surface area (Å²) >= 11 is 0. The van der Waals surface area contributed by atoms with E-state index in [1.54, 1.807) is 11.1 Å². The van der Waals surface area contributed by atoms with Crippen molar-refractivity contribution in [3.8, 4) is 39.1 Å². The fourth-order valence-corrected chi connectivity index (χ4v) is 11.6. The molecule has 5 aliphatic carbocycles. The Morgan fingerprint density at radius 2 is 1.10 bits per heavy atom. The van der Waals surface area contributed by atoms with Crippen LogP contribution in [0.4, 0.5) is 0 Å². The highest BCUT2D eigenvalue weighted by atomic mass is 16.5. The van der Waals surface area contributed by atoms with Crippen molar-refractivity contribution in [1.29, 1.82) is 0 Å². The van der Waals surface area contributed by atoms with Gasteiger partial charge in [0.05, 0.1) is 0 Å². The van der Waals surface area contributed by atoms with Crippen molar-refractivity contribution in [1.82, 2.24) is 0 Å². The quantitative estimate of drug-likeness (QED) is 0.155. The highest BCUT2D eigenvalue weighted by molar-refractivity contribution is 6.22. The second-order valence-electron chi connectivity index (χ2n) is 15.3. The van der Waals surface area contributed by atoms with Crippen molar-refractivity contribution < 1.29 is 9.68 Å². The molecular formula is C46H37BO2. The van der Waals surface area contributed by atoms with Crippen LogP contribution < -0.4 is 4.65 Å². The van der Waals surface area contributed by atoms with Crippen LogP contribution in [0.25, 0.3) is 65.7 Å². The zero-order valence-corrected chi connectivity index (χ0v) is 27.5. The summed E-state index contributed by atoms with van der Waals surface area (Å²) in [6.45, 7) is 0. The lowest BCUT2D eigenvalue weighted by Gasteiger charge is -2.61. The Hall–Kier alpha value is -4.86. The first-order valence-electron chi connectivity index (χ1n) is 18.2. The molecule has 3 heteroatoms. The molecule has 5 aliphatic rings. The maximum absolute atomic E-state index is 9.73. The van der Waals surface area contributed by atoms with Crippen molar-refractivity contribution in [3.63, 3.8) is 0 Å². The Bertz CT molecular complexity index is 2390. The maximum Gasteiger partial charge on any atom is 0.504 e. The number of fused-ring (bicyclic) bond motifs is 7. The summed E-state index contributed by atoms with van der Waals surface area (Å²) in [5, 5.41) is 16.9. The topological polar surface area (TPSA) is 29.5 Å². The van der Waals surface area contributed by atoms with Crippen molar-refractivity contribution in [2.45, 2.75) is 37.5 Å². The third kappa shape index (κ3) is 3.77. The Balaban J connectivity index is 1.07. The average Bonchev–Trinajstić information content (AvgIpc) is 3.44. The van der Waals surface area contributed by atoms with Gasteiger partial charge in [-0.15, -0.1) is 0 Å². The minimum absolute atomic E-state index is 0.148. The lowest BCUT2D eigenvalue weighted by Crippen LogP contribution is -2.55. The van der Waals surface area contributed by atoms with Gasteiger partial charge in [-0.3, -0.25) is 0 Å². The molecule has 2 nitrogen and oxygen atoms in total. The third-order valence-corrected chi connectivity index (χ3v) is 13.1. The first kappa shape index (κ1) is 28.0. The van der Waals surface area contributed by atoms with E-state index in [9.17, 15) is 5.02 Å². The normalized spacial score (nSPS) is 24.5. The number of hydrogen-bond acceptors (Lipinski definition) is 2. The fraction of sp³-hybridized carbons (Fsp3) is 0.217. The fourth-order valence-electron chi connectivity index (χ4n) is 11.6. The van der Waals surface area contributed by atoms with Crippen LogP contribution in [0.2, 0.25) is 0 Å². The molecule has 236 valence electrons. The van der Waals surface area contributed by atoms with Gasteiger partial charge in [-0.25, -0.2) is 0 Å². The van der Waals surface area contributed by atoms with Crippen LogP contribution in [0, 0.1) is 23.7 Å². The van der Waals surface area contributed by atoms with Crippen molar-refractivity contribution >= 4 is 40.0 Å². The van der Waals surface area contributed by atoms with Crippen LogP contribution >= 0.6 is 0 Å². The molecule has 0 radical (unpaired) electrons. The number of rotatable bonds is 4. The predicted molar refractivity (Wildman–Crippen MR) is 203 cm³/mol. The van der Waals surface area contributed by atoms with Gasteiger partial charge in [0, 0.05) is 16.2 Å². The molecule has 12 rings (SSSR count). The average molecular weight is 633 g/mol. The molecule has 1 N–H and O–H groups in total. The van der Waals surface area contributed by atoms with Crippen molar-refractivity contribution in [2.75, 3.05) is 0 Å². The Morgan fingerprint density at radius 1 is 0.531 bits per heavy atom. The highest BCUT2D eigenvalue weighted by Gasteiger charge is 2.62. The van der Waals surface area contributed by atoms with E-state index >= 15 is 0 Å². The van der Waals surface area contributed by atoms with Gasteiger partial charge in [-0.05, 0) is 128 Å². The SMILES string of the molecule is OBOc1c2ccccc2c(-c2ccc(-c3ccc4c(c3)-c3ccc5ccccc5c3C43C4CC5CC(C4)CC3C5)cc2)c2ccccc12. The van der Waals surface area contributed by atoms with Crippen molar-refractivity contribution in [3.05, 3.63) is 139 Å². The van der Waals surface area contributed by atoms with E-state index in [4.69, 9.17) is 4.65 Å². The molecule has 0 atom stereocenters. The summed E-state index contributed by atoms with van der Waals surface area (Å²) in [6.07, 6.45) is 7.06. The lowest BCUT2D eigenvalue weighted by molar-refractivity contribution is -0.0393. The minimum atomic E-state index is -0.354. The van der Waals surface area contributed by atoms with E-state index in [2.05, 4.69) is 115 Å². The number of hydrogen-bond donors (Lipinski definition) is 1. The van der Waals surface area contributed by atoms with Crippen LogP contribution in [0.5, 0.6) is 5.75 Å². The summed E-state index contributed by atoms with van der Waals surface area (Å²) in [5.41, 5.74) is 11.2. The van der Waals surface area contributed by atoms with Gasteiger partial charge in [0.25, 0.3) is 0 Å². The molecule has 4 saturated carbocycles. The largest absolute Gasteiger partial charge is 0.538 e. The molecule has 4 fully saturated rings. The van der Waals surface area contributed by atoms with Crippen molar-refractivity contribution in [2.24, 2.45) is 23.7 Å². The Morgan fingerprint density at radius 3 is 1.76 bits per heavy atom. The summed E-state index contributed by atoms with van der Waals surface area (Å²) < 4.78 is 5.81. The van der Waals surface area contributed by atoms with Crippen LogP contribution in [0.15, 0.2) is 127 Å². The van der Waals surface area contributed by atoms with Crippen LogP contribution in [0.3, 0.4) is 0 Å². The third-order valence-electron chi connectivity index (χ3n) is 13.1. The monoisotopic (exact) mass is 632 g/mol. The first-order chi connectivity index (χ1) is 24.2. The summed E-state index contributed by atoms with van der Waals surface area (Å²) in [4.78, 5) is 0. The molecule has 0 aliphatic heterocycles. The van der Waals surface area contributed by atoms with Crippen LogP contribution in [-0.2, 0) is 5.41 Å². The molecule has 7 aromatic carbocycles. The van der Waals surface area contributed by atoms with Gasteiger partial charge in [0.15, 0.2) is 0 Å². The molecule has 0 saturated heterocycles. The zero-order chi connectivity index (χ0) is 32.3. The van der Waals surface area contributed by atoms with Gasteiger partial charge in [-0.2, -0.15) is 0 Å². The Labute approximate surface area is 287 Å². The highest BCUT2D eigenvalue weighted by Crippen LogP contribution is 2.70. The summed E-state index contributed by atoms with van der Waals surface area (Å²) in [6, 6.07) is 47.4. The lowest BCUT2D eigenvalue weighted by atomic mass is 9.43. The van der Waals surface area contributed by atoms with E-state index in [1.165, 1.54) is 76.3 Å². The molecule has 49 heavy (non-hydrogen) atoms. The molecule has 0 amide bonds. The first-order valence-corrected chi connectivity index (χ1v) is 18.2. The molecule has 7 aromatic rings. The van der Waals surface area contributed by atoms with Crippen LogP contribution in [0.1, 0.15) is 43.2 Å². The summed E-state index contributed by atoms with van der Waals surface area (Å²) in [7, 11) is -0.354. The molecular weight excluding hydrogens is 595 g/mol. The molecule has 4 bridgehead atoms. The smallest absolute Gasteiger partial charge is 0.504 e. The number of benzene rings is 7. The minimum Gasteiger partial charge on any atom is -0.538 e. The van der Waals surface area contributed by atoms with E-state index in [-0.39, 0.29) is 13.1 Å². The molecule has 0 aromatic heterocycles. The van der Waals surface area contributed by atoms with E-state index in [0.717, 1.165) is 51.0 Å². The molecule has 0 unspecified atom stereocenters. The van der Waals surface area contributed by atoms with Gasteiger partial charge in [0.2, 0.25) is 0 Å². The standard InChI is InChI=1S/C46H37BO2/c48-47-49-45-39-11-5-3-9-36(39)43(37-10-4-6-12-40(37)45)31-15-13-29(14-16-31)32-18-20-42-41(26-32)38-19-17-30-7-1-2-8-35(30)44(38)46(42)33-22-27-21-28(24-33)25-34(46)23-27/h1-20,26-28,33-34,47-48H,21-25H2. The molecule has 0 heterocycles. The second kappa shape index (κ2) is 10.3.